The van der Waals surface area contributed by atoms with Crippen LogP contribution in [0.1, 0.15) is 114 Å². The van der Waals surface area contributed by atoms with Gasteiger partial charge in [-0.15, -0.1) is 68.0 Å². The van der Waals surface area contributed by atoms with Crippen LogP contribution in [0, 0.1) is 10.8 Å². The number of fused-ring (bicyclic) bond motifs is 14. The van der Waals surface area contributed by atoms with Crippen LogP contribution in [0.5, 0.6) is 0 Å². The standard InChI is InChI=1S/C54H51N15O11S6/c1-24(2)38-52-67-40(36(86-52)18-79-4)45(74)56-15-37(70)65-41(42(71)25-9-6-5-7-10-25)51-64-34(23-85-51)50-60-30(19-82-50)39-26(47-61-31(20-81-47)43(72)58-28(16-69(78)55-3)49-62-32(21-83-49)44(73)66-38)12-13-27(57-39)48-63-33(22-84-48)46-59-29(17-80-46)53(75)68-14-8-11-35(68)54(76)77/h5-7,9-10,12-13,19-24,28-29,35,38,41-42,71H,8,11,14-18H2,1-4H3,(H5-,55,56,58,65,66,70,72,73,74,76,77,78)/p+1/t28-,29+,35+,38+,41+,42+/m1/s1. The number of aromatic nitrogens is 7. The molecule has 3 aliphatic rings. The first-order chi connectivity index (χ1) is 41.5. The number of hydrogen-bond acceptors (Lipinski definition) is 24. The summed E-state index contributed by atoms with van der Waals surface area (Å²) in [6.07, 6.45) is -0.360. The molecule has 10 bridgehead atoms. The molecule has 86 heavy (non-hydrogen) atoms. The third-order valence-electron chi connectivity index (χ3n) is 13.9. The number of aliphatic imine (C=N–C) groups is 1. The first-order valence-electron chi connectivity index (χ1n) is 26.6. The van der Waals surface area contributed by atoms with E-state index in [9.17, 15) is 43.9 Å². The molecule has 5 amide bonds. The molecule has 0 aliphatic carbocycles. The minimum Gasteiger partial charge on any atom is -0.480 e. The maximum Gasteiger partial charge on any atom is 0.326 e. The molecular weight excluding hydrogens is 1230 g/mol. The predicted molar refractivity (Wildman–Crippen MR) is 320 cm³/mol. The van der Waals surface area contributed by atoms with Crippen molar-refractivity contribution in [3.8, 4) is 43.4 Å². The molecule has 7 N–H and O–H groups in total. The summed E-state index contributed by atoms with van der Waals surface area (Å²) in [5.41, 5.74) is 5.38. The molecule has 0 spiro atoms. The van der Waals surface area contributed by atoms with Gasteiger partial charge in [0.2, 0.25) is 11.8 Å². The lowest BCUT2D eigenvalue weighted by molar-refractivity contribution is -0.605. The molecule has 3 aliphatic heterocycles. The number of rotatable bonds is 12. The maximum absolute atomic E-state index is 14.3. The number of likely N-dealkylation sites (tertiary alicyclic amines) is 1. The number of benzene rings is 1. The van der Waals surface area contributed by atoms with Gasteiger partial charge >= 0.3 is 5.97 Å². The SMILES string of the molecule is CN[N+](=O)C[C@H]1NC(=O)c2csc(n2)-c2ccc(-c3nc(C4=N[C@H](C(=O)N5CCC[C@H]5C(=O)O)CO4)cs3)nc2-c2csc(n2)-c2csc(n2)[C@H]([C@@H](O)c2ccccc2)NC(=O)CNC(=O)c2nc(sc2COC)[C@H](C(C)C)NC(=O)c2csc1n2. The molecular formula is C54H52N15O11S6+. The molecule has 0 radical (unpaired) electrons. The van der Waals surface area contributed by atoms with Gasteiger partial charge in [-0.25, -0.2) is 44.7 Å². The van der Waals surface area contributed by atoms with Crippen molar-refractivity contribution in [3.63, 3.8) is 0 Å². The molecule has 1 aromatic carbocycles. The second kappa shape index (κ2) is 25.8. The number of nitrogens with one attached hydrogen (secondary N) is 5. The zero-order chi connectivity index (χ0) is 60.3. The summed E-state index contributed by atoms with van der Waals surface area (Å²) in [4.78, 5) is 135. The van der Waals surface area contributed by atoms with Crippen molar-refractivity contribution in [2.24, 2.45) is 10.9 Å². The predicted octanol–water partition coefficient (Wildman–Crippen LogP) is 6.00. The zero-order valence-electron chi connectivity index (χ0n) is 45.9. The average molecular weight is 1280 g/mol. The van der Waals surface area contributed by atoms with Crippen molar-refractivity contribution in [1.29, 1.82) is 0 Å². The summed E-state index contributed by atoms with van der Waals surface area (Å²) in [5, 5.41) is 43.6. The number of carboxylic acid groups (broad SMARTS) is 1. The highest BCUT2D eigenvalue weighted by molar-refractivity contribution is 7.15. The van der Waals surface area contributed by atoms with E-state index in [0.29, 0.717) is 93.8 Å². The molecule has 8 aromatic rings. The largest absolute Gasteiger partial charge is 0.480 e. The summed E-state index contributed by atoms with van der Waals surface area (Å²) >= 11 is 7.05. The van der Waals surface area contributed by atoms with Crippen LogP contribution in [0.2, 0.25) is 0 Å². The number of hydrazine groups is 1. The highest BCUT2D eigenvalue weighted by atomic mass is 32.1. The highest BCUT2D eigenvalue weighted by Gasteiger charge is 2.40. The molecule has 1 saturated heterocycles. The topological polar surface area (TPSA) is 347 Å². The van der Waals surface area contributed by atoms with E-state index in [-0.39, 0.29) is 53.7 Å². The minimum absolute atomic E-state index is 0.00233. The van der Waals surface area contributed by atoms with Gasteiger partial charge in [0, 0.05) is 46.1 Å². The van der Waals surface area contributed by atoms with Gasteiger partial charge in [0.1, 0.15) is 106 Å². The number of carbonyl (C=O) groups excluding carboxylic acids is 5. The van der Waals surface area contributed by atoms with Crippen LogP contribution in [0.25, 0.3) is 43.4 Å². The van der Waals surface area contributed by atoms with Crippen LogP contribution in [0.3, 0.4) is 0 Å². The lowest BCUT2D eigenvalue weighted by Gasteiger charge is -2.23. The molecule has 11 rings (SSSR count). The van der Waals surface area contributed by atoms with Gasteiger partial charge in [0.25, 0.3) is 30.2 Å². The summed E-state index contributed by atoms with van der Waals surface area (Å²) in [6, 6.07) is 7.54. The Morgan fingerprint density at radius 2 is 1.43 bits per heavy atom. The normalized spacial score (nSPS) is 19.6. The third kappa shape index (κ3) is 12.7. The van der Waals surface area contributed by atoms with E-state index in [4.69, 9.17) is 34.4 Å². The lowest BCUT2D eigenvalue weighted by Crippen LogP contribution is -2.45. The Kier molecular flexibility index (Phi) is 17.8. The molecule has 1 fully saturated rings. The smallest absolute Gasteiger partial charge is 0.326 e. The molecule has 10 heterocycles. The van der Waals surface area contributed by atoms with E-state index in [1.165, 1.54) is 58.4 Å². The van der Waals surface area contributed by atoms with Crippen molar-refractivity contribution in [3.05, 3.63) is 123 Å². The van der Waals surface area contributed by atoms with Gasteiger partial charge in [0.05, 0.1) is 41.7 Å². The molecule has 444 valence electrons. The van der Waals surface area contributed by atoms with E-state index < -0.39 is 78.4 Å². The van der Waals surface area contributed by atoms with Crippen LogP contribution < -0.4 is 26.7 Å². The molecule has 7 aromatic heterocycles. The number of hydrogen-bond donors (Lipinski definition) is 7. The number of carboxylic acids is 1. The Bertz CT molecular complexity index is 3930. The van der Waals surface area contributed by atoms with Gasteiger partial charge < -0.3 is 45.9 Å². The molecule has 0 unspecified atom stereocenters. The van der Waals surface area contributed by atoms with Gasteiger partial charge in [0.15, 0.2) is 6.04 Å². The number of thiazole rings is 6. The number of nitrogens with zero attached hydrogens (tertiary/aromatic N) is 10. The fourth-order valence-electron chi connectivity index (χ4n) is 9.54. The van der Waals surface area contributed by atoms with Gasteiger partial charge in [-0.3, -0.25) is 24.0 Å². The van der Waals surface area contributed by atoms with E-state index in [1.807, 2.05) is 13.8 Å². The number of aliphatic carboxylic acids is 1. The highest BCUT2D eigenvalue weighted by Crippen LogP contribution is 2.40. The number of pyridine rings is 1. The van der Waals surface area contributed by atoms with E-state index >= 15 is 0 Å². The number of amides is 5. The Labute approximate surface area is 512 Å². The van der Waals surface area contributed by atoms with Crippen molar-refractivity contribution < 1.29 is 53.3 Å². The minimum atomic E-state index is -1.29. The Balaban J connectivity index is 0.962. The molecule has 0 saturated carbocycles. The molecule has 6 atom stereocenters. The Morgan fingerprint density at radius 3 is 2.20 bits per heavy atom. The van der Waals surface area contributed by atoms with E-state index in [1.54, 1.807) is 64.0 Å². The van der Waals surface area contributed by atoms with Crippen LogP contribution in [-0.4, -0.2) is 149 Å². The number of ether oxygens (including phenoxy) is 2. The first-order valence-corrected chi connectivity index (χ1v) is 31.8. The fraction of sp³-hybridized carbons (Fsp3) is 0.333. The van der Waals surface area contributed by atoms with Crippen LogP contribution in [-0.2, 0) is 30.5 Å². The molecule has 32 heteroatoms. The van der Waals surface area contributed by atoms with Crippen LogP contribution >= 0.6 is 68.0 Å². The number of methoxy groups -OCH3 is 1. The van der Waals surface area contributed by atoms with E-state index in [0.717, 1.165) is 34.0 Å². The summed E-state index contributed by atoms with van der Waals surface area (Å²) in [7, 11) is 2.89. The van der Waals surface area contributed by atoms with Crippen LogP contribution in [0.15, 0.2) is 74.4 Å². The Morgan fingerprint density at radius 1 is 0.756 bits per heavy atom. The number of nitroso groups, excluding NO2 is 1. The Hall–Kier alpha value is -8.24. The first kappa shape index (κ1) is 59.5. The van der Waals surface area contributed by atoms with Crippen molar-refractivity contribution >= 4 is 109 Å². The second-order valence-electron chi connectivity index (χ2n) is 20.0. The molecule has 26 nitrogen and oxygen atoms in total. The summed E-state index contributed by atoms with van der Waals surface area (Å²) in [6.45, 7) is 3.14. The quantitative estimate of drug-likeness (QED) is 0.0544. The van der Waals surface area contributed by atoms with Gasteiger partial charge in [-0.1, -0.05) is 44.2 Å². The maximum atomic E-state index is 14.3. The van der Waals surface area contributed by atoms with Crippen LogP contribution in [0.4, 0.5) is 0 Å². The third-order valence-corrected chi connectivity index (χ3v) is 19.5. The van der Waals surface area contributed by atoms with Crippen molar-refractivity contribution in [2.75, 3.05) is 40.4 Å². The number of carbonyl (C=O) groups is 6. The van der Waals surface area contributed by atoms with E-state index in [2.05, 4.69) is 41.7 Å². The summed E-state index contributed by atoms with van der Waals surface area (Å²) in [5.74, 6) is -4.18. The monoisotopic (exact) mass is 1280 g/mol. The van der Waals surface area contributed by atoms with Gasteiger partial charge in [-0.2, -0.15) is 5.43 Å². The number of aliphatic hydroxyl groups is 1. The van der Waals surface area contributed by atoms with Gasteiger partial charge in [-0.05, 0) is 36.5 Å². The fourth-order valence-corrected chi connectivity index (χ4v) is 14.9. The van der Waals surface area contributed by atoms with Crippen molar-refractivity contribution in [1.82, 2.24) is 66.5 Å². The second-order valence-corrected chi connectivity index (χ2v) is 25.5. The zero-order valence-corrected chi connectivity index (χ0v) is 50.8. The van der Waals surface area contributed by atoms with Crippen molar-refractivity contribution in [2.45, 2.75) is 69.6 Å². The summed E-state index contributed by atoms with van der Waals surface area (Å²) < 4.78 is 11.3. The number of aliphatic hydroxyl groups excluding tert-OH is 1. The average Bonchev–Trinajstić information content (AvgIpc) is 4.06. The lowest BCUT2D eigenvalue weighted by atomic mass is 10.0.